The number of para-hydroxylation sites is 1. The molecule has 0 amide bonds. The van der Waals surface area contributed by atoms with E-state index in [1.807, 2.05) is 24.3 Å². The van der Waals surface area contributed by atoms with E-state index < -0.39 is 0 Å². The van der Waals surface area contributed by atoms with Crippen LogP contribution in [0, 0.1) is 0 Å². The highest BCUT2D eigenvalue weighted by Crippen LogP contribution is 2.21. The van der Waals surface area contributed by atoms with Gasteiger partial charge >= 0.3 is 0 Å². The third-order valence-electron chi connectivity index (χ3n) is 3.13. The lowest BCUT2D eigenvalue weighted by atomic mass is 10.1. The van der Waals surface area contributed by atoms with Crippen molar-refractivity contribution in [3.63, 3.8) is 0 Å². The number of carbonyl (C=O) groups excluding carboxylic acids is 1. The second-order valence-corrected chi connectivity index (χ2v) is 4.22. The fourth-order valence-corrected chi connectivity index (χ4v) is 2.25. The molecule has 3 aromatic rings. The van der Waals surface area contributed by atoms with E-state index in [1.54, 1.807) is 17.8 Å². The van der Waals surface area contributed by atoms with Crippen LogP contribution in [0.25, 0.3) is 21.8 Å². The second kappa shape index (κ2) is 3.53. The molecule has 1 aromatic carbocycles. The van der Waals surface area contributed by atoms with E-state index in [1.165, 1.54) is 6.92 Å². The van der Waals surface area contributed by atoms with Crippen LogP contribution in [-0.2, 0) is 7.05 Å². The zero-order chi connectivity index (χ0) is 12.9. The summed E-state index contributed by atoms with van der Waals surface area (Å²) in [6.07, 6.45) is 1.57. The highest BCUT2D eigenvalue weighted by Gasteiger charge is 2.15. The van der Waals surface area contributed by atoms with E-state index in [0.717, 1.165) is 15.6 Å². The van der Waals surface area contributed by atoms with Gasteiger partial charge in [-0.05, 0) is 6.07 Å². The SMILES string of the molecule is CC(=O)n1ncc2c3ccccc3n(C)c(=O)c21. The van der Waals surface area contributed by atoms with Crippen LogP contribution in [-0.4, -0.2) is 20.3 Å². The normalized spacial score (nSPS) is 11.2. The number of hydrogen-bond acceptors (Lipinski definition) is 3. The van der Waals surface area contributed by atoms with Crippen LogP contribution in [0.4, 0.5) is 0 Å². The molecule has 2 heterocycles. The van der Waals surface area contributed by atoms with Crippen molar-refractivity contribution in [2.75, 3.05) is 0 Å². The predicted molar refractivity (Wildman–Crippen MR) is 68.8 cm³/mol. The van der Waals surface area contributed by atoms with Crippen molar-refractivity contribution in [2.45, 2.75) is 6.92 Å². The molecule has 0 saturated heterocycles. The monoisotopic (exact) mass is 241 g/mol. The fourth-order valence-electron chi connectivity index (χ4n) is 2.25. The van der Waals surface area contributed by atoms with Crippen molar-refractivity contribution in [3.8, 4) is 0 Å². The van der Waals surface area contributed by atoms with Crippen LogP contribution >= 0.6 is 0 Å². The maximum atomic E-state index is 12.3. The van der Waals surface area contributed by atoms with Gasteiger partial charge in [0.1, 0.15) is 5.52 Å². The number of benzene rings is 1. The Kier molecular flexibility index (Phi) is 2.10. The van der Waals surface area contributed by atoms with Gasteiger partial charge in [-0.15, -0.1) is 0 Å². The van der Waals surface area contributed by atoms with Gasteiger partial charge in [-0.25, -0.2) is 0 Å². The van der Waals surface area contributed by atoms with Crippen LogP contribution in [0.5, 0.6) is 0 Å². The molecule has 0 saturated carbocycles. The van der Waals surface area contributed by atoms with Gasteiger partial charge in [0.15, 0.2) is 0 Å². The van der Waals surface area contributed by atoms with Gasteiger partial charge in [0, 0.05) is 24.7 Å². The Bertz CT molecular complexity index is 842. The highest BCUT2D eigenvalue weighted by molar-refractivity contribution is 6.06. The average Bonchev–Trinajstić information content (AvgIpc) is 2.81. The van der Waals surface area contributed by atoms with Gasteiger partial charge in [-0.3, -0.25) is 9.59 Å². The molecule has 0 N–H and O–H groups in total. The number of pyridine rings is 1. The molecule has 5 nitrogen and oxygen atoms in total. The number of nitrogens with zero attached hydrogens (tertiary/aromatic N) is 3. The standard InChI is InChI=1S/C13H11N3O2/c1-8(17)16-12-10(7-14-16)9-5-3-4-6-11(9)15(2)13(12)18/h3-7H,1-2H3. The van der Waals surface area contributed by atoms with Crippen LogP contribution < -0.4 is 5.56 Å². The maximum Gasteiger partial charge on any atom is 0.277 e. The first kappa shape index (κ1) is 10.7. The zero-order valence-corrected chi connectivity index (χ0v) is 10.0. The number of carbonyl (C=O) groups is 1. The van der Waals surface area contributed by atoms with Gasteiger partial charge < -0.3 is 4.57 Å². The fraction of sp³-hybridized carbons (Fsp3) is 0.154. The summed E-state index contributed by atoms with van der Waals surface area (Å²) in [5.74, 6) is -0.266. The lowest BCUT2D eigenvalue weighted by molar-refractivity contribution is 0.0926. The number of aromatic nitrogens is 3. The van der Waals surface area contributed by atoms with Crippen molar-refractivity contribution in [3.05, 3.63) is 40.8 Å². The third-order valence-corrected chi connectivity index (χ3v) is 3.13. The molecule has 18 heavy (non-hydrogen) atoms. The quantitative estimate of drug-likeness (QED) is 0.600. The maximum absolute atomic E-state index is 12.3. The summed E-state index contributed by atoms with van der Waals surface area (Å²) in [5, 5.41) is 5.63. The number of fused-ring (bicyclic) bond motifs is 3. The smallest absolute Gasteiger partial charge is 0.277 e. The molecule has 0 aliphatic rings. The van der Waals surface area contributed by atoms with Gasteiger partial charge in [0.05, 0.1) is 11.7 Å². The highest BCUT2D eigenvalue weighted by atomic mass is 16.2. The van der Waals surface area contributed by atoms with Crippen LogP contribution in [0.15, 0.2) is 35.3 Å². The first-order valence-electron chi connectivity index (χ1n) is 5.57. The zero-order valence-electron chi connectivity index (χ0n) is 10.0. The van der Waals surface area contributed by atoms with E-state index in [2.05, 4.69) is 5.10 Å². The molecule has 0 bridgehead atoms. The predicted octanol–water partition coefficient (Wildman–Crippen LogP) is 1.55. The van der Waals surface area contributed by atoms with Crippen molar-refractivity contribution < 1.29 is 4.79 Å². The van der Waals surface area contributed by atoms with Gasteiger partial charge in [-0.1, -0.05) is 18.2 Å². The average molecular weight is 241 g/mol. The topological polar surface area (TPSA) is 56.9 Å². The molecule has 0 aliphatic heterocycles. The Morgan fingerprint density at radius 1 is 1.22 bits per heavy atom. The van der Waals surface area contributed by atoms with Crippen LogP contribution in [0.3, 0.4) is 0 Å². The van der Waals surface area contributed by atoms with Crippen LogP contribution in [0.2, 0.25) is 0 Å². The second-order valence-electron chi connectivity index (χ2n) is 4.22. The Balaban J connectivity index is 2.67. The van der Waals surface area contributed by atoms with Crippen molar-refractivity contribution in [1.29, 1.82) is 0 Å². The van der Waals surface area contributed by atoms with Crippen molar-refractivity contribution in [1.82, 2.24) is 14.3 Å². The minimum atomic E-state index is -0.266. The molecular formula is C13H11N3O2. The molecule has 90 valence electrons. The number of rotatable bonds is 0. The molecular weight excluding hydrogens is 230 g/mol. The molecule has 0 spiro atoms. The number of hydrogen-bond donors (Lipinski definition) is 0. The van der Waals surface area contributed by atoms with Crippen LogP contribution in [0.1, 0.15) is 11.7 Å². The molecule has 0 atom stereocenters. The first-order valence-corrected chi connectivity index (χ1v) is 5.57. The Labute approximate surface area is 102 Å². The minimum Gasteiger partial charge on any atom is -0.309 e. The lowest BCUT2D eigenvalue weighted by Gasteiger charge is -2.06. The molecule has 3 rings (SSSR count). The Hall–Kier alpha value is -2.43. The summed E-state index contributed by atoms with van der Waals surface area (Å²) in [5.41, 5.74) is 0.957. The molecule has 0 radical (unpaired) electrons. The van der Waals surface area contributed by atoms with Crippen molar-refractivity contribution in [2.24, 2.45) is 7.05 Å². The molecule has 5 heteroatoms. The number of aryl methyl sites for hydroxylation is 1. The van der Waals surface area contributed by atoms with Gasteiger partial charge in [0.25, 0.3) is 5.56 Å². The minimum absolute atomic E-state index is 0.212. The first-order chi connectivity index (χ1) is 8.61. The van der Waals surface area contributed by atoms with Gasteiger partial charge in [-0.2, -0.15) is 9.78 Å². The summed E-state index contributed by atoms with van der Waals surface area (Å²) >= 11 is 0. The summed E-state index contributed by atoms with van der Waals surface area (Å²) < 4.78 is 2.70. The summed E-state index contributed by atoms with van der Waals surface area (Å²) in [6.45, 7) is 1.39. The Morgan fingerprint density at radius 3 is 2.67 bits per heavy atom. The Morgan fingerprint density at radius 2 is 1.94 bits per heavy atom. The summed E-state index contributed by atoms with van der Waals surface area (Å²) in [6, 6.07) is 7.57. The van der Waals surface area contributed by atoms with E-state index >= 15 is 0 Å². The molecule has 2 aromatic heterocycles. The van der Waals surface area contributed by atoms with E-state index in [-0.39, 0.29) is 11.5 Å². The summed E-state index contributed by atoms with van der Waals surface area (Å²) in [7, 11) is 1.70. The third kappa shape index (κ3) is 1.24. The molecule has 0 unspecified atom stereocenters. The van der Waals surface area contributed by atoms with E-state index in [9.17, 15) is 9.59 Å². The van der Waals surface area contributed by atoms with E-state index in [0.29, 0.717) is 10.9 Å². The summed E-state index contributed by atoms with van der Waals surface area (Å²) in [4.78, 5) is 23.8. The molecule has 0 aliphatic carbocycles. The largest absolute Gasteiger partial charge is 0.309 e. The van der Waals surface area contributed by atoms with E-state index in [4.69, 9.17) is 0 Å². The molecule has 0 fully saturated rings. The van der Waals surface area contributed by atoms with Crippen molar-refractivity contribution >= 4 is 27.7 Å². The van der Waals surface area contributed by atoms with Gasteiger partial charge in [0.2, 0.25) is 5.91 Å². The lowest BCUT2D eigenvalue weighted by Crippen LogP contribution is -2.21.